The van der Waals surface area contributed by atoms with Gasteiger partial charge in [0.15, 0.2) is 0 Å². The predicted octanol–water partition coefficient (Wildman–Crippen LogP) is 2.74. The van der Waals surface area contributed by atoms with Gasteiger partial charge in [-0.15, -0.1) is 0 Å². The molecule has 8 nitrogen and oxygen atoms in total. The van der Waals surface area contributed by atoms with Crippen LogP contribution in [0.1, 0.15) is 5.56 Å². The summed E-state index contributed by atoms with van der Waals surface area (Å²) in [5.41, 5.74) is 0.840. The molecule has 0 amide bonds. The molecule has 3 rings (SSSR count). The van der Waals surface area contributed by atoms with E-state index in [4.69, 9.17) is 5.26 Å². The lowest BCUT2D eigenvalue weighted by Crippen LogP contribution is -2.48. The highest BCUT2D eigenvalue weighted by Gasteiger charge is 2.30. The van der Waals surface area contributed by atoms with Gasteiger partial charge in [0.2, 0.25) is 10.0 Å². The van der Waals surface area contributed by atoms with Crippen LogP contribution in [-0.4, -0.2) is 43.8 Å². The van der Waals surface area contributed by atoms with Gasteiger partial charge in [-0.25, -0.2) is 8.42 Å². The molecule has 0 spiro atoms. The molecular weight excluding hydrogens is 436 g/mol. The average Bonchev–Trinajstić information content (AvgIpc) is 2.68. The van der Waals surface area contributed by atoms with E-state index in [0.717, 1.165) is 0 Å². The first-order valence-corrected chi connectivity index (χ1v) is 10.3. The zero-order valence-electron chi connectivity index (χ0n) is 14.1. The summed E-state index contributed by atoms with van der Waals surface area (Å²) >= 11 is 3.23. The molecule has 0 aliphatic carbocycles. The molecule has 1 fully saturated rings. The van der Waals surface area contributed by atoms with Crippen LogP contribution in [0.4, 0.5) is 11.4 Å². The maximum absolute atomic E-state index is 12.8. The number of rotatable bonds is 4. The quantitative estimate of drug-likeness (QED) is 0.523. The number of nitro benzene ring substituents is 1. The van der Waals surface area contributed by atoms with Crippen molar-refractivity contribution in [2.45, 2.75) is 4.90 Å². The fourth-order valence-corrected chi connectivity index (χ4v) is 4.70. The van der Waals surface area contributed by atoms with Crippen molar-refractivity contribution in [2.75, 3.05) is 31.1 Å². The van der Waals surface area contributed by atoms with Gasteiger partial charge < -0.3 is 4.90 Å². The summed E-state index contributed by atoms with van der Waals surface area (Å²) in [7, 11) is -3.67. The molecule has 140 valence electrons. The number of nitro groups is 1. The number of sulfonamides is 1. The lowest BCUT2D eigenvalue weighted by atomic mass is 10.2. The number of nitriles is 1. The Kier molecular flexibility index (Phi) is 5.46. The molecule has 2 aromatic rings. The minimum atomic E-state index is -3.67. The number of benzene rings is 2. The Morgan fingerprint density at radius 2 is 1.70 bits per heavy atom. The van der Waals surface area contributed by atoms with Crippen molar-refractivity contribution in [2.24, 2.45) is 0 Å². The largest absolute Gasteiger partial charge is 0.363 e. The maximum atomic E-state index is 12.8. The lowest BCUT2D eigenvalue weighted by Gasteiger charge is -2.35. The summed E-state index contributed by atoms with van der Waals surface area (Å²) in [5, 5.41) is 20.1. The average molecular weight is 451 g/mol. The van der Waals surface area contributed by atoms with Crippen LogP contribution in [0.2, 0.25) is 0 Å². The van der Waals surface area contributed by atoms with E-state index in [1.54, 1.807) is 12.1 Å². The Hall–Kier alpha value is -2.48. The summed E-state index contributed by atoms with van der Waals surface area (Å²) in [6, 6.07) is 12.5. The van der Waals surface area contributed by atoms with Gasteiger partial charge in [0, 0.05) is 36.7 Å². The molecule has 1 saturated heterocycles. The third-order valence-corrected chi connectivity index (χ3v) is 6.74. The molecule has 0 aromatic heterocycles. The Balaban J connectivity index is 1.77. The number of hydrogen-bond donors (Lipinski definition) is 0. The summed E-state index contributed by atoms with van der Waals surface area (Å²) in [6.07, 6.45) is 0. The molecule has 2 aromatic carbocycles. The number of anilines is 1. The van der Waals surface area contributed by atoms with Crippen LogP contribution in [0.5, 0.6) is 0 Å². The molecule has 0 atom stereocenters. The molecule has 1 aliphatic heterocycles. The first-order chi connectivity index (χ1) is 12.8. The van der Waals surface area contributed by atoms with Gasteiger partial charge in [-0.3, -0.25) is 10.1 Å². The fourth-order valence-electron chi connectivity index (χ4n) is 2.93. The number of halogens is 1. The number of hydrogen-bond acceptors (Lipinski definition) is 6. The fraction of sp³-hybridized carbons (Fsp3) is 0.235. The Morgan fingerprint density at radius 3 is 2.26 bits per heavy atom. The van der Waals surface area contributed by atoms with E-state index in [1.165, 1.54) is 34.6 Å². The molecule has 0 N–H and O–H groups in total. The topological polar surface area (TPSA) is 108 Å². The third kappa shape index (κ3) is 3.95. The van der Waals surface area contributed by atoms with Crippen molar-refractivity contribution in [3.05, 3.63) is 62.6 Å². The monoisotopic (exact) mass is 450 g/mol. The minimum absolute atomic E-state index is 0.0206. The van der Waals surface area contributed by atoms with Crippen molar-refractivity contribution >= 4 is 37.3 Å². The summed E-state index contributed by atoms with van der Waals surface area (Å²) in [5.74, 6) is 0. The third-order valence-electron chi connectivity index (χ3n) is 4.33. The van der Waals surface area contributed by atoms with Gasteiger partial charge in [0.1, 0.15) is 5.69 Å². The van der Waals surface area contributed by atoms with Gasteiger partial charge in [-0.1, -0.05) is 15.9 Å². The van der Waals surface area contributed by atoms with Gasteiger partial charge in [0.25, 0.3) is 5.69 Å². The van der Waals surface area contributed by atoms with Crippen LogP contribution in [0.3, 0.4) is 0 Å². The molecule has 1 heterocycles. The van der Waals surface area contributed by atoms with E-state index in [9.17, 15) is 18.5 Å². The van der Waals surface area contributed by atoms with Crippen molar-refractivity contribution in [3.8, 4) is 6.07 Å². The van der Waals surface area contributed by atoms with Crippen LogP contribution >= 0.6 is 15.9 Å². The van der Waals surface area contributed by atoms with Crippen molar-refractivity contribution < 1.29 is 13.3 Å². The Labute approximate surface area is 165 Å². The first-order valence-electron chi connectivity index (χ1n) is 8.02. The van der Waals surface area contributed by atoms with Gasteiger partial charge >= 0.3 is 0 Å². The van der Waals surface area contributed by atoms with Crippen LogP contribution < -0.4 is 4.90 Å². The molecule has 1 aliphatic rings. The summed E-state index contributed by atoms with van der Waals surface area (Å²) in [6.45, 7) is 1.13. The standard InChI is InChI=1S/C17H15BrN4O4S/c18-14-3-6-16(17(11-14)22(23)24)20-7-9-21(10-8-20)27(25,26)15-4-1-13(12-19)2-5-15/h1-6,11H,7-10H2. The highest BCUT2D eigenvalue weighted by molar-refractivity contribution is 9.10. The van der Waals surface area contributed by atoms with Crippen molar-refractivity contribution in [1.29, 1.82) is 5.26 Å². The Bertz CT molecular complexity index is 1010. The smallest absolute Gasteiger partial charge is 0.293 e. The molecule has 0 unspecified atom stereocenters. The van der Waals surface area contributed by atoms with Gasteiger partial charge in [-0.05, 0) is 36.4 Å². The lowest BCUT2D eigenvalue weighted by molar-refractivity contribution is -0.384. The molecule has 0 saturated carbocycles. The first kappa shape index (κ1) is 19.3. The van der Waals surface area contributed by atoms with Crippen molar-refractivity contribution in [1.82, 2.24) is 4.31 Å². The second-order valence-electron chi connectivity index (χ2n) is 5.92. The van der Waals surface area contributed by atoms with E-state index in [1.807, 2.05) is 11.0 Å². The van der Waals surface area contributed by atoms with Crippen LogP contribution in [-0.2, 0) is 10.0 Å². The maximum Gasteiger partial charge on any atom is 0.293 e. The molecule has 0 radical (unpaired) electrons. The summed E-state index contributed by atoms with van der Waals surface area (Å²) in [4.78, 5) is 12.8. The molecule has 10 heteroatoms. The molecular formula is C17H15BrN4O4S. The number of piperazine rings is 1. The van der Waals surface area contributed by atoms with Crippen LogP contribution in [0.15, 0.2) is 51.8 Å². The second-order valence-corrected chi connectivity index (χ2v) is 8.77. The Morgan fingerprint density at radius 1 is 1.07 bits per heavy atom. The predicted molar refractivity (Wildman–Crippen MR) is 103 cm³/mol. The normalized spacial score (nSPS) is 15.3. The highest BCUT2D eigenvalue weighted by atomic mass is 79.9. The zero-order valence-corrected chi connectivity index (χ0v) is 16.5. The van der Waals surface area contributed by atoms with Gasteiger partial charge in [-0.2, -0.15) is 9.57 Å². The van der Waals surface area contributed by atoms with E-state index in [-0.39, 0.29) is 23.7 Å². The highest BCUT2D eigenvalue weighted by Crippen LogP contribution is 2.32. The van der Waals surface area contributed by atoms with E-state index >= 15 is 0 Å². The van der Waals surface area contributed by atoms with E-state index < -0.39 is 14.9 Å². The van der Waals surface area contributed by atoms with E-state index in [0.29, 0.717) is 28.8 Å². The minimum Gasteiger partial charge on any atom is -0.363 e. The van der Waals surface area contributed by atoms with Crippen LogP contribution in [0, 0.1) is 21.4 Å². The SMILES string of the molecule is N#Cc1ccc(S(=O)(=O)N2CCN(c3ccc(Br)cc3[N+](=O)[O-])CC2)cc1. The zero-order chi connectivity index (χ0) is 19.6. The molecule has 0 bridgehead atoms. The molecule has 27 heavy (non-hydrogen) atoms. The van der Waals surface area contributed by atoms with Crippen molar-refractivity contribution in [3.63, 3.8) is 0 Å². The number of nitrogens with zero attached hydrogens (tertiary/aromatic N) is 4. The summed E-state index contributed by atoms with van der Waals surface area (Å²) < 4.78 is 27.5. The van der Waals surface area contributed by atoms with Gasteiger partial charge in [0.05, 0.1) is 21.5 Å². The van der Waals surface area contributed by atoms with E-state index in [2.05, 4.69) is 15.9 Å². The second kappa shape index (κ2) is 7.64. The van der Waals surface area contributed by atoms with Crippen LogP contribution in [0.25, 0.3) is 0 Å².